The Bertz CT molecular complexity index is 770. The zero-order chi connectivity index (χ0) is 16.4. The fourth-order valence-electron chi connectivity index (χ4n) is 2.96. The number of phenolic OH excluding ortho intramolecular Hbond substituents is 2. The fourth-order valence-corrected chi connectivity index (χ4v) is 2.96. The summed E-state index contributed by atoms with van der Waals surface area (Å²) < 4.78 is 0. The van der Waals surface area contributed by atoms with Crippen LogP contribution in [0, 0.1) is 0 Å². The molecule has 1 aromatic heterocycles. The third kappa shape index (κ3) is 3.37. The predicted molar refractivity (Wildman–Crippen MR) is 86.4 cm³/mol. The number of hydrogen-bond donors (Lipinski definition) is 3. The Labute approximate surface area is 134 Å². The van der Waals surface area contributed by atoms with Crippen LogP contribution < -0.4 is 5.56 Å². The van der Waals surface area contributed by atoms with Crippen molar-refractivity contribution in [2.45, 2.75) is 39.3 Å². The Morgan fingerprint density at radius 1 is 1.35 bits per heavy atom. The zero-order valence-electron chi connectivity index (χ0n) is 13.2. The van der Waals surface area contributed by atoms with E-state index in [2.05, 4.69) is 21.8 Å². The lowest BCUT2D eigenvalue weighted by molar-refractivity contribution is 0.237. The first-order valence-electron chi connectivity index (χ1n) is 7.91. The van der Waals surface area contributed by atoms with E-state index in [0.29, 0.717) is 19.5 Å². The van der Waals surface area contributed by atoms with Gasteiger partial charge in [0.1, 0.15) is 17.3 Å². The van der Waals surface area contributed by atoms with E-state index in [4.69, 9.17) is 0 Å². The molecule has 0 aliphatic carbocycles. The number of rotatable bonds is 4. The van der Waals surface area contributed by atoms with Crippen molar-refractivity contribution in [2.24, 2.45) is 0 Å². The number of aromatic amines is 1. The first-order valence-corrected chi connectivity index (χ1v) is 7.91. The molecule has 2 heterocycles. The summed E-state index contributed by atoms with van der Waals surface area (Å²) in [5, 5.41) is 19.3. The molecule has 23 heavy (non-hydrogen) atoms. The van der Waals surface area contributed by atoms with Gasteiger partial charge in [-0.2, -0.15) is 0 Å². The van der Waals surface area contributed by atoms with Crippen molar-refractivity contribution in [3.8, 4) is 11.5 Å². The molecule has 3 rings (SSSR count). The molecule has 0 fully saturated rings. The van der Waals surface area contributed by atoms with Gasteiger partial charge in [0.25, 0.3) is 5.56 Å². The summed E-state index contributed by atoms with van der Waals surface area (Å²) in [5.74, 6) is 0.875. The lowest BCUT2D eigenvalue weighted by atomic mass is 10.0. The van der Waals surface area contributed by atoms with Gasteiger partial charge < -0.3 is 15.2 Å². The molecule has 0 amide bonds. The summed E-state index contributed by atoms with van der Waals surface area (Å²) >= 11 is 0. The van der Waals surface area contributed by atoms with Gasteiger partial charge in [-0.1, -0.05) is 13.0 Å². The van der Waals surface area contributed by atoms with E-state index in [-0.39, 0.29) is 17.1 Å². The van der Waals surface area contributed by atoms with Crippen LogP contribution in [0.4, 0.5) is 0 Å². The van der Waals surface area contributed by atoms with E-state index in [9.17, 15) is 15.0 Å². The summed E-state index contributed by atoms with van der Waals surface area (Å²) in [4.78, 5) is 21.7. The van der Waals surface area contributed by atoms with E-state index in [1.807, 2.05) is 0 Å². The van der Waals surface area contributed by atoms with Crippen LogP contribution in [-0.2, 0) is 25.9 Å². The normalized spacial score (nSPS) is 14.7. The average molecular weight is 315 g/mol. The number of benzene rings is 1. The van der Waals surface area contributed by atoms with Gasteiger partial charge >= 0.3 is 0 Å². The van der Waals surface area contributed by atoms with E-state index >= 15 is 0 Å². The molecule has 0 saturated heterocycles. The molecule has 0 spiro atoms. The molecule has 3 N–H and O–H groups in total. The first-order chi connectivity index (χ1) is 11.1. The van der Waals surface area contributed by atoms with E-state index < -0.39 is 0 Å². The Morgan fingerprint density at radius 3 is 2.91 bits per heavy atom. The van der Waals surface area contributed by atoms with Gasteiger partial charge in [0.05, 0.1) is 5.69 Å². The van der Waals surface area contributed by atoms with Gasteiger partial charge in [-0.25, -0.2) is 4.98 Å². The molecule has 1 aromatic carbocycles. The van der Waals surface area contributed by atoms with Crippen LogP contribution in [0.15, 0.2) is 23.0 Å². The molecule has 0 saturated carbocycles. The fraction of sp³-hybridized carbons (Fsp3) is 0.412. The van der Waals surface area contributed by atoms with Crippen molar-refractivity contribution < 1.29 is 10.2 Å². The Balaban J connectivity index is 1.80. The molecular weight excluding hydrogens is 294 g/mol. The molecule has 6 heteroatoms. The third-order valence-corrected chi connectivity index (χ3v) is 4.15. The number of H-pyrrole nitrogens is 1. The van der Waals surface area contributed by atoms with Gasteiger partial charge in [-0.05, 0) is 18.9 Å². The van der Waals surface area contributed by atoms with Crippen molar-refractivity contribution in [2.75, 3.05) is 6.54 Å². The SMILES string of the molecule is CCCc1nc2c(c(=O)[nH]1)CCN(Cc1ccc(O)cc1O)C2. The van der Waals surface area contributed by atoms with Crippen LogP contribution in [0.5, 0.6) is 11.5 Å². The molecule has 0 bridgehead atoms. The summed E-state index contributed by atoms with van der Waals surface area (Å²) in [6, 6.07) is 4.62. The lowest BCUT2D eigenvalue weighted by Gasteiger charge is -2.28. The van der Waals surface area contributed by atoms with Gasteiger partial charge in [0.15, 0.2) is 0 Å². The van der Waals surface area contributed by atoms with Crippen molar-refractivity contribution in [1.29, 1.82) is 0 Å². The van der Waals surface area contributed by atoms with E-state index in [1.54, 1.807) is 12.1 Å². The maximum absolute atomic E-state index is 12.1. The first kappa shape index (κ1) is 15.6. The quantitative estimate of drug-likeness (QED) is 0.799. The second-order valence-electron chi connectivity index (χ2n) is 5.96. The molecule has 1 aliphatic heterocycles. The molecule has 0 unspecified atom stereocenters. The second kappa shape index (κ2) is 6.42. The molecule has 1 aliphatic rings. The minimum Gasteiger partial charge on any atom is -0.508 e. The van der Waals surface area contributed by atoms with Gasteiger partial charge in [0, 0.05) is 43.2 Å². The van der Waals surface area contributed by atoms with E-state index in [1.165, 1.54) is 6.07 Å². The molecule has 6 nitrogen and oxygen atoms in total. The highest BCUT2D eigenvalue weighted by molar-refractivity contribution is 5.39. The molecule has 122 valence electrons. The highest BCUT2D eigenvalue weighted by Gasteiger charge is 2.21. The number of aryl methyl sites for hydroxylation is 1. The number of phenols is 2. The number of fused-ring (bicyclic) bond motifs is 1. The van der Waals surface area contributed by atoms with Crippen molar-refractivity contribution in [3.63, 3.8) is 0 Å². The zero-order valence-corrected chi connectivity index (χ0v) is 13.2. The Kier molecular flexibility index (Phi) is 4.34. The summed E-state index contributed by atoms with van der Waals surface area (Å²) in [5.41, 5.74) is 2.34. The molecule has 0 radical (unpaired) electrons. The Hall–Kier alpha value is -2.34. The maximum Gasteiger partial charge on any atom is 0.254 e. The maximum atomic E-state index is 12.1. The monoisotopic (exact) mass is 315 g/mol. The minimum atomic E-state index is -0.0226. The predicted octanol–water partition coefficient (Wildman–Crippen LogP) is 1.69. The van der Waals surface area contributed by atoms with Gasteiger partial charge in [0.2, 0.25) is 0 Å². The van der Waals surface area contributed by atoms with Crippen molar-refractivity contribution in [1.82, 2.24) is 14.9 Å². The van der Waals surface area contributed by atoms with Crippen molar-refractivity contribution in [3.05, 3.63) is 51.2 Å². The lowest BCUT2D eigenvalue weighted by Crippen LogP contribution is -2.35. The average Bonchev–Trinajstić information content (AvgIpc) is 2.50. The number of aromatic nitrogens is 2. The van der Waals surface area contributed by atoms with Gasteiger partial charge in [-0.3, -0.25) is 9.69 Å². The third-order valence-electron chi connectivity index (χ3n) is 4.15. The number of nitrogens with one attached hydrogen (secondary N) is 1. The summed E-state index contributed by atoms with van der Waals surface area (Å²) in [7, 11) is 0. The van der Waals surface area contributed by atoms with Crippen LogP contribution in [0.1, 0.15) is 36.0 Å². The van der Waals surface area contributed by atoms with Crippen LogP contribution >= 0.6 is 0 Å². The van der Waals surface area contributed by atoms with Crippen LogP contribution in [0.3, 0.4) is 0 Å². The van der Waals surface area contributed by atoms with Crippen LogP contribution in [-0.4, -0.2) is 31.6 Å². The van der Waals surface area contributed by atoms with Crippen molar-refractivity contribution >= 4 is 0 Å². The minimum absolute atomic E-state index is 0.0226. The largest absolute Gasteiger partial charge is 0.508 e. The second-order valence-corrected chi connectivity index (χ2v) is 5.96. The number of nitrogens with zero attached hydrogens (tertiary/aromatic N) is 2. The topological polar surface area (TPSA) is 89.5 Å². The Morgan fingerprint density at radius 2 is 2.17 bits per heavy atom. The van der Waals surface area contributed by atoms with Crippen LogP contribution in [0.2, 0.25) is 0 Å². The molecule has 0 atom stereocenters. The van der Waals surface area contributed by atoms with Crippen LogP contribution in [0.25, 0.3) is 0 Å². The number of hydrogen-bond acceptors (Lipinski definition) is 5. The highest BCUT2D eigenvalue weighted by Crippen LogP contribution is 2.25. The standard InChI is InChI=1S/C17H21N3O3/c1-2-3-16-18-14-10-20(7-6-13(14)17(23)19-16)9-11-4-5-12(21)8-15(11)22/h4-5,8,21-22H,2-3,6-7,9-10H2,1H3,(H,18,19,23). The van der Waals surface area contributed by atoms with E-state index in [0.717, 1.165) is 42.0 Å². The number of aromatic hydroxyl groups is 2. The molecular formula is C17H21N3O3. The summed E-state index contributed by atoms with van der Waals surface area (Å²) in [6.45, 7) is 3.95. The molecule has 2 aromatic rings. The summed E-state index contributed by atoms with van der Waals surface area (Å²) in [6.07, 6.45) is 2.36. The highest BCUT2D eigenvalue weighted by atomic mass is 16.3. The van der Waals surface area contributed by atoms with Gasteiger partial charge in [-0.15, -0.1) is 0 Å². The smallest absolute Gasteiger partial charge is 0.254 e.